The number of anilines is 2. The Morgan fingerprint density at radius 3 is 2.74 bits per heavy atom. The summed E-state index contributed by atoms with van der Waals surface area (Å²) in [6, 6.07) is 13.8. The van der Waals surface area contributed by atoms with Gasteiger partial charge in [-0.15, -0.1) is 0 Å². The number of benzene rings is 1. The van der Waals surface area contributed by atoms with Crippen molar-refractivity contribution in [3.05, 3.63) is 57.7 Å². The van der Waals surface area contributed by atoms with Gasteiger partial charge in [0.1, 0.15) is 17.7 Å². The van der Waals surface area contributed by atoms with E-state index in [-0.39, 0.29) is 0 Å². The SMILES string of the molecule is N#Cc1cccnc1N1CCCN(c2ccc3cc(Br)cc(Cl)c3n2)CC1. The lowest BCUT2D eigenvalue weighted by atomic mass is 10.2. The lowest BCUT2D eigenvalue weighted by molar-refractivity contribution is 0.794. The van der Waals surface area contributed by atoms with Crippen LogP contribution < -0.4 is 9.80 Å². The molecule has 136 valence electrons. The maximum absolute atomic E-state index is 9.34. The van der Waals surface area contributed by atoms with Gasteiger partial charge in [-0.25, -0.2) is 9.97 Å². The van der Waals surface area contributed by atoms with Crippen molar-refractivity contribution >= 4 is 50.1 Å². The fourth-order valence-electron chi connectivity index (χ4n) is 3.42. The van der Waals surface area contributed by atoms with Crippen molar-refractivity contribution in [2.75, 3.05) is 36.0 Å². The first-order chi connectivity index (χ1) is 13.2. The van der Waals surface area contributed by atoms with Crippen LogP contribution in [0.4, 0.5) is 11.6 Å². The van der Waals surface area contributed by atoms with Gasteiger partial charge in [-0.2, -0.15) is 5.26 Å². The molecule has 1 aromatic carbocycles. The molecule has 2 aromatic heterocycles. The van der Waals surface area contributed by atoms with Crippen molar-refractivity contribution in [2.24, 2.45) is 0 Å². The molecule has 1 aliphatic rings. The van der Waals surface area contributed by atoms with Crippen LogP contribution in [0.15, 0.2) is 47.1 Å². The van der Waals surface area contributed by atoms with Crippen LogP contribution in [0.2, 0.25) is 5.02 Å². The molecule has 0 bridgehead atoms. The van der Waals surface area contributed by atoms with Crippen molar-refractivity contribution in [1.82, 2.24) is 9.97 Å². The smallest absolute Gasteiger partial charge is 0.146 e. The molecule has 0 spiro atoms. The van der Waals surface area contributed by atoms with Crippen molar-refractivity contribution in [3.8, 4) is 6.07 Å². The van der Waals surface area contributed by atoms with Gasteiger partial charge in [0.2, 0.25) is 0 Å². The van der Waals surface area contributed by atoms with Crippen LogP contribution in [0, 0.1) is 11.3 Å². The highest BCUT2D eigenvalue weighted by atomic mass is 79.9. The van der Waals surface area contributed by atoms with Crippen LogP contribution in [-0.4, -0.2) is 36.1 Å². The topological polar surface area (TPSA) is 56.1 Å². The third kappa shape index (κ3) is 3.71. The second kappa shape index (κ2) is 7.71. The fraction of sp³-hybridized carbons (Fsp3) is 0.250. The molecule has 0 saturated carbocycles. The van der Waals surface area contributed by atoms with Crippen LogP contribution in [-0.2, 0) is 0 Å². The van der Waals surface area contributed by atoms with E-state index in [1.807, 2.05) is 24.3 Å². The van der Waals surface area contributed by atoms with E-state index < -0.39 is 0 Å². The Balaban J connectivity index is 1.58. The normalized spacial score (nSPS) is 14.9. The van der Waals surface area contributed by atoms with Crippen molar-refractivity contribution in [2.45, 2.75) is 6.42 Å². The highest BCUT2D eigenvalue weighted by Gasteiger charge is 2.19. The van der Waals surface area contributed by atoms with Crippen LogP contribution in [0.3, 0.4) is 0 Å². The predicted molar refractivity (Wildman–Crippen MR) is 112 cm³/mol. The van der Waals surface area contributed by atoms with Crippen molar-refractivity contribution < 1.29 is 0 Å². The number of pyridine rings is 2. The van der Waals surface area contributed by atoms with Gasteiger partial charge in [0.25, 0.3) is 0 Å². The molecule has 0 N–H and O–H groups in total. The summed E-state index contributed by atoms with van der Waals surface area (Å²) in [7, 11) is 0. The molecule has 0 amide bonds. The summed E-state index contributed by atoms with van der Waals surface area (Å²) in [5, 5.41) is 11.0. The Labute approximate surface area is 171 Å². The van der Waals surface area contributed by atoms with E-state index in [2.05, 4.69) is 42.8 Å². The highest BCUT2D eigenvalue weighted by Crippen LogP contribution is 2.29. The lowest BCUT2D eigenvalue weighted by Crippen LogP contribution is -2.32. The summed E-state index contributed by atoms with van der Waals surface area (Å²) < 4.78 is 0.948. The average molecular weight is 443 g/mol. The van der Waals surface area contributed by atoms with E-state index in [9.17, 15) is 5.26 Å². The van der Waals surface area contributed by atoms with Gasteiger partial charge in [0.05, 0.1) is 16.1 Å². The van der Waals surface area contributed by atoms with Crippen LogP contribution in [0.5, 0.6) is 0 Å². The number of nitriles is 1. The van der Waals surface area contributed by atoms with Crippen LogP contribution in [0.1, 0.15) is 12.0 Å². The Morgan fingerprint density at radius 1 is 1.07 bits per heavy atom. The molecule has 3 heterocycles. The molecule has 1 aliphatic heterocycles. The Hall–Kier alpha value is -2.36. The molecule has 0 atom stereocenters. The molecule has 0 radical (unpaired) electrons. The molecule has 0 unspecified atom stereocenters. The van der Waals surface area contributed by atoms with E-state index in [0.717, 1.165) is 59.6 Å². The van der Waals surface area contributed by atoms with Crippen LogP contribution >= 0.6 is 27.5 Å². The van der Waals surface area contributed by atoms with Crippen molar-refractivity contribution in [1.29, 1.82) is 5.26 Å². The maximum Gasteiger partial charge on any atom is 0.146 e. The summed E-state index contributed by atoms with van der Waals surface area (Å²) in [5.41, 5.74) is 1.43. The molecular formula is C20H17BrClN5. The zero-order valence-electron chi connectivity index (χ0n) is 14.6. The third-order valence-corrected chi connectivity index (χ3v) is 5.47. The molecule has 5 nitrogen and oxygen atoms in total. The highest BCUT2D eigenvalue weighted by molar-refractivity contribution is 9.10. The quantitative estimate of drug-likeness (QED) is 0.579. The van der Waals surface area contributed by atoms with Gasteiger partial charge in [-0.3, -0.25) is 0 Å². The van der Waals surface area contributed by atoms with E-state index in [4.69, 9.17) is 16.6 Å². The Kier molecular flexibility index (Phi) is 5.15. The second-order valence-corrected chi connectivity index (χ2v) is 7.77. The van der Waals surface area contributed by atoms with Gasteiger partial charge >= 0.3 is 0 Å². The first kappa shape index (κ1) is 18.0. The zero-order chi connectivity index (χ0) is 18.8. The summed E-state index contributed by atoms with van der Waals surface area (Å²) in [6.45, 7) is 3.37. The first-order valence-corrected chi connectivity index (χ1v) is 9.93. The average Bonchev–Trinajstić information content (AvgIpc) is 2.94. The number of nitrogens with zero attached hydrogens (tertiary/aromatic N) is 5. The molecule has 7 heteroatoms. The molecule has 3 aromatic rings. The largest absolute Gasteiger partial charge is 0.355 e. The minimum atomic E-state index is 0.618. The van der Waals surface area contributed by atoms with E-state index in [1.54, 1.807) is 12.3 Å². The molecule has 0 aliphatic carbocycles. The summed E-state index contributed by atoms with van der Waals surface area (Å²) in [4.78, 5) is 13.7. The third-order valence-electron chi connectivity index (χ3n) is 4.72. The maximum atomic E-state index is 9.34. The standard InChI is InChI=1S/C20H17BrClN5/c21-16-11-14-4-5-18(25-19(14)17(22)12-16)26-7-2-8-27(10-9-26)20-15(13-23)3-1-6-24-20/h1,3-6,11-12H,2,7-10H2. The zero-order valence-corrected chi connectivity index (χ0v) is 16.9. The number of aromatic nitrogens is 2. The van der Waals surface area contributed by atoms with Gasteiger partial charge in [-0.1, -0.05) is 27.5 Å². The predicted octanol–water partition coefficient (Wildman–Crippen LogP) is 4.63. The molecule has 4 rings (SSSR count). The number of halogens is 2. The minimum Gasteiger partial charge on any atom is -0.355 e. The monoisotopic (exact) mass is 441 g/mol. The fourth-order valence-corrected chi connectivity index (χ4v) is 4.29. The first-order valence-electron chi connectivity index (χ1n) is 8.76. The lowest BCUT2D eigenvalue weighted by Gasteiger charge is -2.24. The molecular weight excluding hydrogens is 426 g/mol. The van der Waals surface area contributed by atoms with Gasteiger partial charge in [0.15, 0.2) is 0 Å². The summed E-state index contributed by atoms with van der Waals surface area (Å²) >= 11 is 9.86. The summed E-state index contributed by atoms with van der Waals surface area (Å²) in [6.07, 6.45) is 2.71. The minimum absolute atomic E-state index is 0.618. The Bertz CT molecular complexity index is 1030. The van der Waals surface area contributed by atoms with E-state index in [0.29, 0.717) is 10.6 Å². The Morgan fingerprint density at radius 2 is 1.89 bits per heavy atom. The van der Waals surface area contributed by atoms with Crippen molar-refractivity contribution in [3.63, 3.8) is 0 Å². The van der Waals surface area contributed by atoms with E-state index >= 15 is 0 Å². The number of fused-ring (bicyclic) bond motifs is 1. The second-order valence-electron chi connectivity index (χ2n) is 6.44. The van der Waals surface area contributed by atoms with Gasteiger partial charge in [-0.05, 0) is 42.8 Å². The number of hydrogen-bond donors (Lipinski definition) is 0. The molecule has 1 fully saturated rings. The van der Waals surface area contributed by atoms with Crippen LogP contribution in [0.25, 0.3) is 10.9 Å². The van der Waals surface area contributed by atoms with Gasteiger partial charge < -0.3 is 9.80 Å². The number of hydrogen-bond acceptors (Lipinski definition) is 5. The number of rotatable bonds is 2. The molecule has 1 saturated heterocycles. The molecule has 27 heavy (non-hydrogen) atoms. The summed E-state index contributed by atoms with van der Waals surface area (Å²) in [5.74, 6) is 1.69. The van der Waals surface area contributed by atoms with E-state index in [1.165, 1.54) is 0 Å². The van der Waals surface area contributed by atoms with Gasteiger partial charge in [0, 0.05) is 42.2 Å².